The lowest BCUT2D eigenvalue weighted by Gasteiger charge is -2.33. The Labute approximate surface area is 82.4 Å². The van der Waals surface area contributed by atoms with Crippen LogP contribution >= 0.6 is 0 Å². The van der Waals surface area contributed by atoms with Gasteiger partial charge in [0.25, 0.3) is 0 Å². The van der Waals surface area contributed by atoms with Crippen LogP contribution in [0.15, 0.2) is 0 Å². The second-order valence-corrected chi connectivity index (χ2v) is 3.40. The molecule has 0 atom stereocenters. The molecule has 0 aliphatic carbocycles. The Morgan fingerprint density at radius 2 is 2.00 bits per heavy atom. The highest BCUT2D eigenvalue weighted by molar-refractivity contribution is 5.86. The fourth-order valence-electron chi connectivity index (χ4n) is 1.47. The van der Waals surface area contributed by atoms with Crippen molar-refractivity contribution in [3.05, 3.63) is 0 Å². The Kier molecular flexibility index (Phi) is 3.46. The fraction of sp³-hybridized carbons (Fsp3) is 0.778. The maximum atomic E-state index is 11.2. The number of hydrogen-bond acceptors (Lipinski definition) is 3. The Morgan fingerprint density at radius 3 is 2.43 bits per heavy atom. The van der Waals surface area contributed by atoms with Crippen LogP contribution in [0, 0.1) is 0 Å². The molecule has 2 N–H and O–H groups in total. The standard InChI is InChI=1S/C9H15NO4/c1-2-7(11)10-9(8(12)13)3-5-14-6-4-9/h2-6H2,1H3,(H,10,11)(H,12,13). The molecule has 5 nitrogen and oxygen atoms in total. The average molecular weight is 201 g/mol. The molecule has 0 spiro atoms. The van der Waals surface area contributed by atoms with E-state index in [0.717, 1.165) is 0 Å². The number of carbonyl (C=O) groups is 2. The van der Waals surface area contributed by atoms with Crippen molar-refractivity contribution in [3.63, 3.8) is 0 Å². The van der Waals surface area contributed by atoms with Gasteiger partial charge in [-0.2, -0.15) is 0 Å². The van der Waals surface area contributed by atoms with Gasteiger partial charge >= 0.3 is 5.97 Å². The van der Waals surface area contributed by atoms with Crippen LogP contribution in [-0.4, -0.2) is 35.7 Å². The van der Waals surface area contributed by atoms with Gasteiger partial charge in [-0.3, -0.25) is 4.79 Å². The molecule has 1 fully saturated rings. The highest BCUT2D eigenvalue weighted by Gasteiger charge is 2.41. The number of nitrogens with one attached hydrogen (secondary N) is 1. The molecule has 1 aliphatic heterocycles. The minimum absolute atomic E-state index is 0.227. The zero-order valence-corrected chi connectivity index (χ0v) is 8.21. The van der Waals surface area contributed by atoms with Crippen molar-refractivity contribution in [2.75, 3.05) is 13.2 Å². The van der Waals surface area contributed by atoms with Crippen LogP contribution in [-0.2, 0) is 14.3 Å². The Morgan fingerprint density at radius 1 is 1.43 bits per heavy atom. The molecule has 0 aromatic carbocycles. The number of carboxylic acids is 1. The number of carbonyl (C=O) groups excluding carboxylic acids is 1. The molecule has 0 aromatic heterocycles. The number of ether oxygens (including phenoxy) is 1. The summed E-state index contributed by atoms with van der Waals surface area (Å²) < 4.78 is 5.08. The quantitative estimate of drug-likeness (QED) is 0.681. The second kappa shape index (κ2) is 4.41. The molecule has 0 bridgehead atoms. The summed E-state index contributed by atoms with van der Waals surface area (Å²) in [5.41, 5.74) is -1.11. The number of rotatable bonds is 3. The van der Waals surface area contributed by atoms with Gasteiger partial charge in [0.1, 0.15) is 5.54 Å². The molecule has 1 aliphatic rings. The topological polar surface area (TPSA) is 75.6 Å². The number of aliphatic carboxylic acids is 1. The van der Waals surface area contributed by atoms with Gasteiger partial charge in [-0.05, 0) is 0 Å². The van der Waals surface area contributed by atoms with Crippen LogP contribution in [0.1, 0.15) is 26.2 Å². The maximum Gasteiger partial charge on any atom is 0.329 e. The summed E-state index contributed by atoms with van der Waals surface area (Å²) in [5.74, 6) is -1.20. The lowest BCUT2D eigenvalue weighted by Crippen LogP contribution is -2.57. The van der Waals surface area contributed by atoms with E-state index in [1.807, 2.05) is 0 Å². The first-order valence-electron chi connectivity index (χ1n) is 4.73. The van der Waals surface area contributed by atoms with Gasteiger partial charge in [0, 0.05) is 32.5 Å². The third kappa shape index (κ3) is 2.23. The van der Waals surface area contributed by atoms with Crippen LogP contribution < -0.4 is 5.32 Å². The molecule has 80 valence electrons. The predicted octanol–water partition coefficient (Wildman–Crippen LogP) is 0.146. The molecule has 5 heteroatoms. The van der Waals surface area contributed by atoms with Gasteiger partial charge in [0.05, 0.1) is 0 Å². The van der Waals surface area contributed by atoms with Crippen LogP contribution in [0.5, 0.6) is 0 Å². The van der Waals surface area contributed by atoms with Gasteiger partial charge in [-0.15, -0.1) is 0 Å². The number of hydrogen-bond donors (Lipinski definition) is 2. The van der Waals surface area contributed by atoms with Gasteiger partial charge in [-0.1, -0.05) is 6.92 Å². The minimum atomic E-state index is -1.11. The molecular formula is C9H15NO4. The van der Waals surface area contributed by atoms with E-state index in [0.29, 0.717) is 32.5 Å². The van der Waals surface area contributed by atoms with Gasteiger partial charge in [-0.25, -0.2) is 4.79 Å². The van der Waals surface area contributed by atoms with Crippen molar-refractivity contribution >= 4 is 11.9 Å². The molecule has 0 saturated carbocycles. The summed E-state index contributed by atoms with van der Waals surface area (Å²) in [7, 11) is 0. The summed E-state index contributed by atoms with van der Waals surface area (Å²) in [4.78, 5) is 22.2. The Bertz CT molecular complexity index is 233. The first kappa shape index (κ1) is 11.0. The van der Waals surface area contributed by atoms with E-state index in [2.05, 4.69) is 5.32 Å². The Hall–Kier alpha value is -1.10. The summed E-state index contributed by atoms with van der Waals surface area (Å²) in [5, 5.41) is 11.6. The Balaban J connectivity index is 2.70. The number of carboxylic acid groups (broad SMARTS) is 1. The molecule has 1 rings (SSSR count). The van der Waals surface area contributed by atoms with Gasteiger partial charge in [0.15, 0.2) is 0 Å². The van der Waals surface area contributed by atoms with E-state index in [9.17, 15) is 9.59 Å². The van der Waals surface area contributed by atoms with Crippen LogP contribution in [0.3, 0.4) is 0 Å². The predicted molar refractivity (Wildman–Crippen MR) is 48.9 cm³/mol. The first-order valence-corrected chi connectivity index (χ1v) is 4.73. The molecule has 1 amide bonds. The summed E-state index contributed by atoms with van der Waals surface area (Å²) in [6, 6.07) is 0. The van der Waals surface area contributed by atoms with Crippen molar-refractivity contribution < 1.29 is 19.4 Å². The van der Waals surface area contributed by atoms with Crippen molar-refractivity contribution in [3.8, 4) is 0 Å². The smallest absolute Gasteiger partial charge is 0.329 e. The first-order chi connectivity index (χ1) is 6.60. The summed E-state index contributed by atoms with van der Waals surface area (Å²) in [6.45, 7) is 2.47. The van der Waals surface area contributed by atoms with Crippen molar-refractivity contribution in [2.45, 2.75) is 31.7 Å². The van der Waals surface area contributed by atoms with Crippen LogP contribution in [0.25, 0.3) is 0 Å². The molecule has 0 unspecified atom stereocenters. The van der Waals surface area contributed by atoms with Crippen LogP contribution in [0.2, 0.25) is 0 Å². The highest BCUT2D eigenvalue weighted by atomic mass is 16.5. The van der Waals surface area contributed by atoms with Crippen LogP contribution in [0.4, 0.5) is 0 Å². The van der Waals surface area contributed by atoms with E-state index >= 15 is 0 Å². The molecule has 1 saturated heterocycles. The fourth-order valence-corrected chi connectivity index (χ4v) is 1.47. The second-order valence-electron chi connectivity index (χ2n) is 3.40. The van der Waals surface area contributed by atoms with Gasteiger partial charge in [0.2, 0.25) is 5.91 Å². The van der Waals surface area contributed by atoms with Crippen molar-refractivity contribution in [2.24, 2.45) is 0 Å². The number of amides is 1. The SMILES string of the molecule is CCC(=O)NC1(C(=O)O)CCOCC1. The van der Waals surface area contributed by atoms with E-state index in [-0.39, 0.29) is 5.91 Å². The molecule has 0 aromatic rings. The van der Waals surface area contributed by atoms with E-state index in [1.165, 1.54) is 0 Å². The summed E-state index contributed by atoms with van der Waals surface area (Å²) in [6.07, 6.45) is 0.984. The van der Waals surface area contributed by atoms with Crippen molar-refractivity contribution in [1.29, 1.82) is 0 Å². The molecule has 14 heavy (non-hydrogen) atoms. The van der Waals surface area contributed by atoms with E-state index < -0.39 is 11.5 Å². The largest absolute Gasteiger partial charge is 0.480 e. The lowest BCUT2D eigenvalue weighted by atomic mass is 9.90. The minimum Gasteiger partial charge on any atom is -0.480 e. The lowest BCUT2D eigenvalue weighted by molar-refractivity contribution is -0.152. The average Bonchev–Trinajstić information content (AvgIpc) is 2.19. The summed E-state index contributed by atoms with van der Waals surface area (Å²) >= 11 is 0. The molecule has 1 heterocycles. The zero-order chi connectivity index (χ0) is 10.6. The van der Waals surface area contributed by atoms with E-state index in [4.69, 9.17) is 9.84 Å². The maximum absolute atomic E-state index is 11.2. The molecule has 0 radical (unpaired) electrons. The third-order valence-electron chi connectivity index (χ3n) is 2.46. The monoisotopic (exact) mass is 201 g/mol. The molecular weight excluding hydrogens is 186 g/mol. The zero-order valence-electron chi connectivity index (χ0n) is 8.21. The van der Waals surface area contributed by atoms with E-state index in [1.54, 1.807) is 6.92 Å². The van der Waals surface area contributed by atoms with Gasteiger partial charge < -0.3 is 15.2 Å². The third-order valence-corrected chi connectivity index (χ3v) is 2.46. The van der Waals surface area contributed by atoms with Crippen molar-refractivity contribution in [1.82, 2.24) is 5.32 Å². The normalized spacial score (nSPS) is 20.1. The highest BCUT2D eigenvalue weighted by Crippen LogP contribution is 2.21.